The number of carbonyl (C=O) groups is 1. The zero-order valence-electron chi connectivity index (χ0n) is 19.8. The summed E-state index contributed by atoms with van der Waals surface area (Å²) in [6.45, 7) is 4.33. The molecule has 0 spiro atoms. The van der Waals surface area contributed by atoms with Gasteiger partial charge in [0.15, 0.2) is 0 Å². The summed E-state index contributed by atoms with van der Waals surface area (Å²) < 4.78 is 31.6. The number of carboxylic acids is 1. The molecule has 1 atom stereocenters. The Kier molecular flexibility index (Phi) is 28.3. The minimum absolute atomic E-state index is 0. The number of aliphatic carboxylic acids is 1. The summed E-state index contributed by atoms with van der Waals surface area (Å²) in [5.74, 6) is -0.721. The van der Waals surface area contributed by atoms with Crippen LogP contribution in [0, 0.1) is 5.92 Å². The van der Waals surface area contributed by atoms with E-state index in [9.17, 15) is 4.79 Å². The second kappa shape index (κ2) is 24.4. The fourth-order valence-electron chi connectivity index (χ4n) is 3.02. The van der Waals surface area contributed by atoms with Gasteiger partial charge in [-0.15, -0.1) is 0 Å². The fraction of sp³-hybridized carbons (Fsp3) is 0.857. The van der Waals surface area contributed by atoms with Crippen LogP contribution < -0.4 is 29.6 Å². The predicted molar refractivity (Wildman–Crippen MR) is 116 cm³/mol. The van der Waals surface area contributed by atoms with Gasteiger partial charge >= 0.3 is 45.9 Å². The summed E-state index contributed by atoms with van der Waals surface area (Å²) in [6, 6.07) is 0. The SMILES string of the molecule is CCCCCCCC/C=C\CCCCCCC(CCC)C(=O)O.O=S(=O)(O)O.[H-].[Na+]. The Morgan fingerprint density at radius 2 is 1.21 bits per heavy atom. The van der Waals surface area contributed by atoms with E-state index in [2.05, 4.69) is 26.0 Å². The normalized spacial score (nSPS) is 12.1. The summed E-state index contributed by atoms with van der Waals surface area (Å²) in [5, 5.41) is 9.10. The van der Waals surface area contributed by atoms with Gasteiger partial charge in [-0.05, 0) is 38.5 Å². The van der Waals surface area contributed by atoms with Gasteiger partial charge in [0.25, 0.3) is 0 Å². The van der Waals surface area contributed by atoms with Gasteiger partial charge in [0, 0.05) is 0 Å². The maximum absolute atomic E-state index is 11.0. The van der Waals surface area contributed by atoms with Crippen LogP contribution in [0.3, 0.4) is 0 Å². The molecule has 0 saturated carbocycles. The third-order valence-corrected chi connectivity index (χ3v) is 4.55. The average Bonchev–Trinajstić information content (AvgIpc) is 2.59. The first kappa shape index (κ1) is 33.7. The van der Waals surface area contributed by atoms with Crippen LogP contribution in [0.2, 0.25) is 0 Å². The summed E-state index contributed by atoms with van der Waals surface area (Å²) in [5.41, 5.74) is 0. The molecule has 0 fully saturated rings. The molecule has 0 aromatic heterocycles. The fourth-order valence-corrected chi connectivity index (χ4v) is 3.02. The Labute approximate surface area is 202 Å². The van der Waals surface area contributed by atoms with Crippen molar-refractivity contribution in [1.82, 2.24) is 0 Å². The molecule has 3 N–H and O–H groups in total. The molecular weight excluding hydrogens is 403 g/mol. The van der Waals surface area contributed by atoms with Crippen molar-refractivity contribution in [2.75, 3.05) is 0 Å². The summed E-state index contributed by atoms with van der Waals surface area (Å²) in [6.07, 6.45) is 22.8. The molecular formula is C21H43NaO6S. The molecule has 0 aliphatic rings. The van der Waals surface area contributed by atoms with E-state index in [-0.39, 0.29) is 36.9 Å². The van der Waals surface area contributed by atoms with Crippen molar-refractivity contribution in [2.24, 2.45) is 5.92 Å². The smallest absolute Gasteiger partial charge is 1.00 e. The summed E-state index contributed by atoms with van der Waals surface area (Å²) in [4.78, 5) is 11.0. The number of carboxylic acid groups (broad SMARTS) is 1. The Morgan fingerprint density at radius 3 is 1.62 bits per heavy atom. The van der Waals surface area contributed by atoms with Crippen LogP contribution in [0.4, 0.5) is 0 Å². The van der Waals surface area contributed by atoms with E-state index in [4.69, 9.17) is 22.6 Å². The van der Waals surface area contributed by atoms with Gasteiger partial charge in [-0.2, -0.15) is 8.42 Å². The molecule has 0 heterocycles. The van der Waals surface area contributed by atoms with Crippen LogP contribution in [-0.4, -0.2) is 28.6 Å². The van der Waals surface area contributed by atoms with Crippen molar-refractivity contribution in [3.8, 4) is 0 Å². The van der Waals surface area contributed by atoms with E-state index < -0.39 is 16.4 Å². The Balaban J connectivity index is -0.000000429. The molecule has 0 aromatic carbocycles. The van der Waals surface area contributed by atoms with E-state index >= 15 is 0 Å². The third-order valence-electron chi connectivity index (χ3n) is 4.55. The molecule has 170 valence electrons. The second-order valence-electron chi connectivity index (χ2n) is 7.29. The molecule has 0 radical (unpaired) electrons. The standard InChI is InChI=1S/C21H40O2.Na.H2O4S.H/c1-3-5-6-7-8-9-10-11-12-13-14-15-16-17-19-20(18-4-2)21(22)23;;1-5(2,3)4;/h11-12,20H,3-10,13-19H2,1-2H3,(H,22,23);;(H2,1,2,3,4);/q;+1;;-1/b12-11-;;;. The summed E-state index contributed by atoms with van der Waals surface area (Å²) in [7, 11) is -4.67. The van der Waals surface area contributed by atoms with Crippen molar-refractivity contribution < 1.29 is 58.4 Å². The molecule has 0 saturated heterocycles. The van der Waals surface area contributed by atoms with E-state index in [1.807, 2.05) is 0 Å². The minimum Gasteiger partial charge on any atom is -1.00 e. The summed E-state index contributed by atoms with van der Waals surface area (Å²) >= 11 is 0. The molecule has 1 unspecified atom stereocenters. The quantitative estimate of drug-likeness (QED) is 0.136. The second-order valence-corrected chi connectivity index (χ2v) is 8.19. The first-order valence-corrected chi connectivity index (χ1v) is 12.2. The zero-order valence-corrected chi connectivity index (χ0v) is 21.6. The number of rotatable bonds is 17. The molecule has 8 heteroatoms. The van der Waals surface area contributed by atoms with Gasteiger partial charge in [0.1, 0.15) is 0 Å². The number of hydrogen-bond acceptors (Lipinski definition) is 3. The van der Waals surface area contributed by atoms with Gasteiger partial charge < -0.3 is 6.53 Å². The van der Waals surface area contributed by atoms with Crippen LogP contribution in [0.15, 0.2) is 12.2 Å². The maximum Gasteiger partial charge on any atom is 1.00 e. The maximum atomic E-state index is 11.0. The number of hydrogen-bond donors (Lipinski definition) is 3. The first-order chi connectivity index (χ1) is 13.2. The number of allylic oxidation sites excluding steroid dienone is 2. The molecule has 0 rings (SSSR count). The van der Waals surface area contributed by atoms with Crippen LogP contribution in [-0.2, 0) is 15.2 Å². The molecule has 0 bridgehead atoms. The minimum atomic E-state index is -4.67. The molecule has 0 aliphatic heterocycles. The van der Waals surface area contributed by atoms with Crippen molar-refractivity contribution >= 4 is 16.4 Å². The Bertz CT molecular complexity index is 478. The number of unbranched alkanes of at least 4 members (excludes halogenated alkanes) is 10. The van der Waals surface area contributed by atoms with Gasteiger partial charge in [0.05, 0.1) is 5.92 Å². The van der Waals surface area contributed by atoms with Gasteiger partial charge in [-0.3, -0.25) is 13.9 Å². The van der Waals surface area contributed by atoms with Crippen LogP contribution in [0.25, 0.3) is 0 Å². The van der Waals surface area contributed by atoms with E-state index in [1.165, 1.54) is 70.6 Å². The van der Waals surface area contributed by atoms with Gasteiger partial charge in [-0.1, -0.05) is 83.8 Å². The van der Waals surface area contributed by atoms with Gasteiger partial charge in [-0.25, -0.2) is 0 Å². The first-order valence-electron chi connectivity index (χ1n) is 10.8. The van der Waals surface area contributed by atoms with Crippen molar-refractivity contribution in [3.63, 3.8) is 0 Å². The monoisotopic (exact) mass is 446 g/mol. The molecule has 29 heavy (non-hydrogen) atoms. The third kappa shape index (κ3) is 35.9. The zero-order chi connectivity index (χ0) is 21.7. The molecule has 0 aliphatic carbocycles. The largest absolute Gasteiger partial charge is 1.00 e. The predicted octanol–water partition coefficient (Wildman–Crippen LogP) is 3.60. The Morgan fingerprint density at radius 1 is 0.793 bits per heavy atom. The van der Waals surface area contributed by atoms with Crippen LogP contribution in [0.5, 0.6) is 0 Å². The van der Waals surface area contributed by atoms with Crippen molar-refractivity contribution in [3.05, 3.63) is 12.2 Å². The van der Waals surface area contributed by atoms with E-state index in [0.717, 1.165) is 25.7 Å². The van der Waals surface area contributed by atoms with E-state index in [0.29, 0.717) is 0 Å². The van der Waals surface area contributed by atoms with Crippen LogP contribution in [0.1, 0.15) is 112 Å². The molecule has 0 amide bonds. The van der Waals surface area contributed by atoms with Crippen molar-refractivity contribution in [1.29, 1.82) is 0 Å². The van der Waals surface area contributed by atoms with Gasteiger partial charge in [0.2, 0.25) is 0 Å². The Hall–Kier alpha value is 0.0800. The average molecular weight is 447 g/mol. The van der Waals surface area contributed by atoms with E-state index in [1.54, 1.807) is 0 Å². The van der Waals surface area contributed by atoms with Crippen LogP contribution >= 0.6 is 0 Å². The molecule has 6 nitrogen and oxygen atoms in total. The topological polar surface area (TPSA) is 112 Å². The molecule has 0 aromatic rings. The van der Waals surface area contributed by atoms with Crippen molar-refractivity contribution in [2.45, 2.75) is 110 Å².